The molecule has 0 atom stereocenters. The Morgan fingerprint density at radius 1 is 1.54 bits per heavy atom. The molecular weight excluding hydrogens is 184 g/mol. The zero-order valence-electron chi connectivity index (χ0n) is 7.00. The molecule has 0 radical (unpaired) electrons. The van der Waals surface area contributed by atoms with Gasteiger partial charge in [0.15, 0.2) is 0 Å². The molecule has 1 aromatic rings. The molecule has 0 saturated heterocycles. The zero-order chi connectivity index (χ0) is 9.68. The summed E-state index contributed by atoms with van der Waals surface area (Å²) in [5, 5.41) is 8.80. The van der Waals surface area contributed by atoms with Crippen LogP contribution in [0.3, 0.4) is 0 Å². The summed E-state index contributed by atoms with van der Waals surface area (Å²) in [6.07, 6.45) is 3.57. The monoisotopic (exact) mass is 192 g/mol. The Hall–Kier alpha value is -1.46. The van der Waals surface area contributed by atoms with E-state index >= 15 is 0 Å². The van der Waals surface area contributed by atoms with Crippen molar-refractivity contribution >= 4 is 23.4 Å². The Kier molecular flexibility index (Phi) is 3.36. The summed E-state index contributed by atoms with van der Waals surface area (Å²) in [5.74, 6) is 0.430. The number of nitrogens with two attached hydrogens (primary N) is 1. The van der Waals surface area contributed by atoms with Crippen LogP contribution in [0.25, 0.3) is 6.08 Å². The molecule has 0 spiro atoms. The van der Waals surface area contributed by atoms with Gasteiger partial charge in [0.05, 0.1) is 11.3 Å². The second-order valence-electron chi connectivity index (χ2n) is 2.48. The molecule has 0 aliphatic carbocycles. The first-order valence-corrected chi connectivity index (χ1v) is 4.34. The van der Waals surface area contributed by atoms with E-state index in [1.165, 1.54) is 0 Å². The van der Waals surface area contributed by atoms with Gasteiger partial charge in [0.1, 0.15) is 6.07 Å². The standard InChI is InChI=1S/C10H9ClN2/c11-6-2-4-8-3-1-5-10(13)9(8)7-12/h1-5H,6,13H2. The molecule has 0 bridgehead atoms. The van der Waals surface area contributed by atoms with Crippen molar-refractivity contribution in [1.29, 1.82) is 5.26 Å². The van der Waals surface area contributed by atoms with Gasteiger partial charge in [-0.05, 0) is 11.6 Å². The van der Waals surface area contributed by atoms with Crippen LogP contribution in [0.5, 0.6) is 0 Å². The topological polar surface area (TPSA) is 49.8 Å². The molecule has 0 aromatic heterocycles. The highest BCUT2D eigenvalue weighted by molar-refractivity contribution is 6.19. The molecule has 0 fully saturated rings. The van der Waals surface area contributed by atoms with Gasteiger partial charge in [0.25, 0.3) is 0 Å². The SMILES string of the molecule is N#Cc1c(N)cccc1C=CCCl. The molecule has 0 aliphatic heterocycles. The Morgan fingerprint density at radius 2 is 2.31 bits per heavy atom. The Morgan fingerprint density at radius 3 is 2.92 bits per heavy atom. The number of alkyl halides is 1. The van der Waals surface area contributed by atoms with Crippen LogP contribution in [0.1, 0.15) is 11.1 Å². The summed E-state index contributed by atoms with van der Waals surface area (Å²) < 4.78 is 0. The number of nitriles is 1. The fourth-order valence-corrected chi connectivity index (χ4v) is 1.12. The van der Waals surface area contributed by atoms with Crippen LogP contribution in [0.2, 0.25) is 0 Å². The normalized spacial score (nSPS) is 10.2. The number of benzene rings is 1. The smallest absolute Gasteiger partial charge is 0.102 e. The average Bonchev–Trinajstić information content (AvgIpc) is 2.15. The van der Waals surface area contributed by atoms with E-state index in [4.69, 9.17) is 22.6 Å². The zero-order valence-corrected chi connectivity index (χ0v) is 7.75. The van der Waals surface area contributed by atoms with Crippen molar-refractivity contribution in [3.63, 3.8) is 0 Å². The average molecular weight is 193 g/mol. The highest BCUT2D eigenvalue weighted by Crippen LogP contribution is 2.16. The summed E-state index contributed by atoms with van der Waals surface area (Å²) in [7, 11) is 0. The van der Waals surface area contributed by atoms with Gasteiger partial charge in [0.2, 0.25) is 0 Å². The third kappa shape index (κ3) is 2.24. The van der Waals surface area contributed by atoms with Crippen molar-refractivity contribution in [2.75, 3.05) is 11.6 Å². The molecule has 0 saturated carbocycles. The summed E-state index contributed by atoms with van der Waals surface area (Å²) in [4.78, 5) is 0. The van der Waals surface area contributed by atoms with Crippen LogP contribution >= 0.6 is 11.6 Å². The van der Waals surface area contributed by atoms with Crippen LogP contribution in [0, 0.1) is 11.3 Å². The second-order valence-corrected chi connectivity index (χ2v) is 2.79. The van der Waals surface area contributed by atoms with Gasteiger partial charge in [0, 0.05) is 5.88 Å². The Balaban J connectivity index is 3.15. The van der Waals surface area contributed by atoms with Gasteiger partial charge in [-0.1, -0.05) is 24.3 Å². The summed E-state index contributed by atoms with van der Waals surface area (Å²) in [6, 6.07) is 7.40. The van der Waals surface area contributed by atoms with Gasteiger partial charge in [-0.15, -0.1) is 11.6 Å². The summed E-state index contributed by atoms with van der Waals surface area (Å²) >= 11 is 5.49. The molecule has 0 heterocycles. The largest absolute Gasteiger partial charge is 0.398 e. The lowest BCUT2D eigenvalue weighted by molar-refractivity contribution is 1.47. The maximum absolute atomic E-state index is 8.80. The lowest BCUT2D eigenvalue weighted by Crippen LogP contribution is -1.92. The van der Waals surface area contributed by atoms with Crippen molar-refractivity contribution in [2.45, 2.75) is 0 Å². The molecule has 0 amide bonds. The van der Waals surface area contributed by atoms with Crippen molar-refractivity contribution in [3.05, 3.63) is 35.4 Å². The van der Waals surface area contributed by atoms with Crippen LogP contribution < -0.4 is 5.73 Å². The fraction of sp³-hybridized carbons (Fsp3) is 0.100. The highest BCUT2D eigenvalue weighted by atomic mass is 35.5. The quantitative estimate of drug-likeness (QED) is 0.578. The molecular formula is C10H9ClN2. The number of halogens is 1. The maximum atomic E-state index is 8.80. The van der Waals surface area contributed by atoms with E-state index in [1.807, 2.05) is 12.1 Å². The van der Waals surface area contributed by atoms with Gasteiger partial charge in [-0.3, -0.25) is 0 Å². The van der Waals surface area contributed by atoms with Crippen LogP contribution in [0.4, 0.5) is 5.69 Å². The molecule has 1 aromatic carbocycles. The molecule has 2 nitrogen and oxygen atoms in total. The Bertz CT molecular complexity index is 364. The first-order valence-electron chi connectivity index (χ1n) is 3.80. The third-order valence-electron chi connectivity index (χ3n) is 1.63. The lowest BCUT2D eigenvalue weighted by Gasteiger charge is -2.00. The minimum absolute atomic E-state index is 0.430. The van der Waals surface area contributed by atoms with Gasteiger partial charge in [-0.2, -0.15) is 5.26 Å². The van der Waals surface area contributed by atoms with Crippen LogP contribution in [-0.4, -0.2) is 5.88 Å². The summed E-state index contributed by atoms with van der Waals surface area (Å²) in [6.45, 7) is 0. The van der Waals surface area contributed by atoms with E-state index in [0.29, 0.717) is 17.1 Å². The molecule has 0 aliphatic rings. The van der Waals surface area contributed by atoms with E-state index in [1.54, 1.807) is 18.2 Å². The number of allylic oxidation sites excluding steroid dienone is 1. The van der Waals surface area contributed by atoms with Crippen molar-refractivity contribution < 1.29 is 0 Å². The first-order chi connectivity index (χ1) is 6.29. The van der Waals surface area contributed by atoms with Gasteiger partial charge in [-0.25, -0.2) is 0 Å². The van der Waals surface area contributed by atoms with E-state index < -0.39 is 0 Å². The predicted molar refractivity (Wildman–Crippen MR) is 55.3 cm³/mol. The highest BCUT2D eigenvalue weighted by Gasteiger charge is 2.00. The number of nitrogens with zero attached hydrogens (tertiary/aromatic N) is 1. The molecule has 66 valence electrons. The summed E-state index contributed by atoms with van der Waals surface area (Å²) in [5.41, 5.74) is 7.43. The van der Waals surface area contributed by atoms with Crippen LogP contribution in [-0.2, 0) is 0 Å². The third-order valence-corrected chi connectivity index (χ3v) is 1.81. The second kappa shape index (κ2) is 4.54. The van der Waals surface area contributed by atoms with E-state index in [2.05, 4.69) is 6.07 Å². The van der Waals surface area contributed by atoms with Crippen molar-refractivity contribution in [3.8, 4) is 6.07 Å². The van der Waals surface area contributed by atoms with Crippen molar-refractivity contribution in [2.24, 2.45) is 0 Å². The number of anilines is 1. The minimum Gasteiger partial charge on any atom is -0.398 e. The number of hydrogen-bond acceptors (Lipinski definition) is 2. The van der Waals surface area contributed by atoms with E-state index in [0.717, 1.165) is 5.56 Å². The first kappa shape index (κ1) is 9.63. The lowest BCUT2D eigenvalue weighted by atomic mass is 10.1. The molecule has 13 heavy (non-hydrogen) atoms. The van der Waals surface area contributed by atoms with Crippen molar-refractivity contribution in [1.82, 2.24) is 0 Å². The van der Waals surface area contributed by atoms with Gasteiger partial charge >= 0.3 is 0 Å². The van der Waals surface area contributed by atoms with E-state index in [9.17, 15) is 0 Å². The number of nitrogen functional groups attached to an aromatic ring is 1. The molecule has 3 heteroatoms. The number of hydrogen-bond donors (Lipinski definition) is 1. The minimum atomic E-state index is 0.430. The molecule has 0 unspecified atom stereocenters. The van der Waals surface area contributed by atoms with Gasteiger partial charge < -0.3 is 5.73 Å². The van der Waals surface area contributed by atoms with Crippen LogP contribution in [0.15, 0.2) is 24.3 Å². The maximum Gasteiger partial charge on any atom is 0.102 e. The van der Waals surface area contributed by atoms with E-state index in [-0.39, 0.29) is 0 Å². The molecule has 1 rings (SSSR count). The predicted octanol–water partition coefficient (Wildman–Crippen LogP) is 2.39. The fourth-order valence-electron chi connectivity index (χ4n) is 1.03. The Labute approximate surface area is 82.2 Å². The molecule has 2 N–H and O–H groups in total. The number of rotatable bonds is 2.